The minimum absolute atomic E-state index is 0.0594. The highest BCUT2D eigenvalue weighted by molar-refractivity contribution is 5.91. The molecule has 0 aromatic carbocycles. The zero-order valence-electron chi connectivity index (χ0n) is 10.4. The normalized spacial score (nSPS) is 10.6. The van der Waals surface area contributed by atoms with Gasteiger partial charge in [-0.1, -0.05) is 12.1 Å². The number of Topliss-reactive ketones (excluding diaryl/α,β-unsaturated/α-hetero) is 1. The van der Waals surface area contributed by atoms with Crippen molar-refractivity contribution in [2.24, 2.45) is 0 Å². The molecule has 9 nitrogen and oxygen atoms in total. The molecule has 0 aliphatic rings. The maximum absolute atomic E-state index is 11.3. The summed E-state index contributed by atoms with van der Waals surface area (Å²) in [7, 11) is 0. The molecule has 0 radical (unpaired) electrons. The largest absolute Gasteiger partial charge is 0.331 e. The Bertz CT molecular complexity index is 630. The average molecular weight is 265 g/mol. The lowest BCUT2D eigenvalue weighted by Gasteiger charge is -1.92. The van der Waals surface area contributed by atoms with Gasteiger partial charge in [0.15, 0.2) is 5.82 Å². The van der Waals surface area contributed by atoms with Crippen molar-refractivity contribution < 1.29 is 14.2 Å². The van der Waals surface area contributed by atoms with Crippen LogP contribution in [0.3, 0.4) is 0 Å². The molecular weight excluding hydrogens is 254 g/mol. The third-order valence-electron chi connectivity index (χ3n) is 2.45. The molecule has 0 saturated carbocycles. The van der Waals surface area contributed by atoms with Gasteiger partial charge in [-0.25, -0.2) is 0 Å². The van der Waals surface area contributed by atoms with Gasteiger partial charge in [-0.05, 0) is 6.92 Å². The first-order valence-electron chi connectivity index (χ1n) is 5.55. The third kappa shape index (κ3) is 2.64. The number of ketones is 1. The predicted octanol–water partition coefficient (Wildman–Crippen LogP) is 1.12. The van der Waals surface area contributed by atoms with Crippen molar-refractivity contribution in [1.29, 1.82) is 0 Å². The standard InChI is InChI=1S/C10H11N5O4/c1-3-8(16)10-11-9(13-19-10)5-14-4-7(15(17)18)6(2)12-14/h4H,3,5H2,1-2H3. The molecule has 0 aliphatic heterocycles. The van der Waals surface area contributed by atoms with Gasteiger partial charge in [0.1, 0.15) is 18.4 Å². The highest BCUT2D eigenvalue weighted by atomic mass is 16.6. The summed E-state index contributed by atoms with van der Waals surface area (Å²) < 4.78 is 6.12. The van der Waals surface area contributed by atoms with Gasteiger partial charge in [0.2, 0.25) is 5.78 Å². The topological polar surface area (TPSA) is 117 Å². The van der Waals surface area contributed by atoms with E-state index in [4.69, 9.17) is 4.52 Å². The van der Waals surface area contributed by atoms with Crippen molar-refractivity contribution in [2.45, 2.75) is 26.8 Å². The van der Waals surface area contributed by atoms with Crippen molar-refractivity contribution in [2.75, 3.05) is 0 Å². The van der Waals surface area contributed by atoms with E-state index in [0.29, 0.717) is 5.69 Å². The molecule has 0 saturated heterocycles. The van der Waals surface area contributed by atoms with E-state index >= 15 is 0 Å². The van der Waals surface area contributed by atoms with Crippen LogP contribution in [0.2, 0.25) is 0 Å². The summed E-state index contributed by atoms with van der Waals surface area (Å²) in [4.78, 5) is 25.4. The van der Waals surface area contributed by atoms with Gasteiger partial charge in [0, 0.05) is 6.42 Å². The Kier molecular flexibility index (Phi) is 3.36. The van der Waals surface area contributed by atoms with Crippen LogP contribution < -0.4 is 0 Å². The SMILES string of the molecule is CCC(=O)c1nc(Cn2cc([N+](=O)[O-])c(C)n2)no1. The maximum atomic E-state index is 11.3. The van der Waals surface area contributed by atoms with Crippen LogP contribution in [0.5, 0.6) is 0 Å². The van der Waals surface area contributed by atoms with Crippen molar-refractivity contribution in [3.05, 3.63) is 33.7 Å². The van der Waals surface area contributed by atoms with Crippen molar-refractivity contribution in [3.8, 4) is 0 Å². The van der Waals surface area contributed by atoms with Gasteiger partial charge in [0.05, 0.1) is 4.92 Å². The Balaban J connectivity index is 2.17. The number of hydrogen-bond donors (Lipinski definition) is 0. The number of aryl methyl sites for hydroxylation is 1. The Morgan fingerprint density at radius 2 is 2.32 bits per heavy atom. The quantitative estimate of drug-likeness (QED) is 0.451. The van der Waals surface area contributed by atoms with Gasteiger partial charge in [-0.2, -0.15) is 10.1 Å². The van der Waals surface area contributed by atoms with Crippen LogP contribution >= 0.6 is 0 Å². The molecule has 0 atom stereocenters. The van der Waals surface area contributed by atoms with Crippen LogP contribution in [-0.2, 0) is 6.54 Å². The van der Waals surface area contributed by atoms with Gasteiger partial charge in [0.25, 0.3) is 5.89 Å². The number of aromatic nitrogens is 4. The molecule has 19 heavy (non-hydrogen) atoms. The van der Waals surface area contributed by atoms with Gasteiger partial charge in [-0.3, -0.25) is 19.6 Å². The molecule has 0 aliphatic carbocycles. The highest BCUT2D eigenvalue weighted by Gasteiger charge is 2.18. The second-order valence-corrected chi connectivity index (χ2v) is 3.85. The molecule has 9 heteroatoms. The number of hydrogen-bond acceptors (Lipinski definition) is 7. The van der Waals surface area contributed by atoms with E-state index < -0.39 is 4.92 Å². The number of nitro groups is 1. The summed E-state index contributed by atoms with van der Waals surface area (Å²) in [5, 5.41) is 18.3. The molecule has 2 aromatic heterocycles. The zero-order chi connectivity index (χ0) is 14.0. The monoisotopic (exact) mass is 265 g/mol. The molecule has 2 aromatic rings. The third-order valence-corrected chi connectivity index (χ3v) is 2.45. The fourth-order valence-corrected chi connectivity index (χ4v) is 1.50. The summed E-state index contributed by atoms with van der Waals surface area (Å²) in [5.74, 6) is -0.0635. The van der Waals surface area contributed by atoms with Crippen LogP contribution in [0.4, 0.5) is 5.69 Å². The molecule has 100 valence electrons. The summed E-state index contributed by atoms with van der Waals surface area (Å²) in [5.41, 5.74) is 0.228. The van der Waals surface area contributed by atoms with Gasteiger partial charge in [-0.15, -0.1) is 0 Å². The Labute approximate surface area is 107 Å². The van der Waals surface area contributed by atoms with Crippen LogP contribution in [-0.4, -0.2) is 30.6 Å². The van der Waals surface area contributed by atoms with Crippen molar-refractivity contribution >= 4 is 11.5 Å². The van der Waals surface area contributed by atoms with E-state index in [9.17, 15) is 14.9 Å². The predicted molar refractivity (Wildman–Crippen MR) is 61.6 cm³/mol. The van der Waals surface area contributed by atoms with Crippen molar-refractivity contribution in [3.63, 3.8) is 0 Å². The Hall–Kier alpha value is -2.58. The minimum atomic E-state index is -0.513. The second-order valence-electron chi connectivity index (χ2n) is 3.85. The smallest absolute Gasteiger partial charge is 0.309 e. The molecule has 2 rings (SSSR count). The summed E-state index contributed by atoms with van der Waals surface area (Å²) in [6, 6.07) is 0. The molecule has 0 bridgehead atoms. The van der Waals surface area contributed by atoms with E-state index in [1.807, 2.05) is 0 Å². The second kappa shape index (κ2) is 4.96. The average Bonchev–Trinajstić information content (AvgIpc) is 2.95. The molecule has 0 fully saturated rings. The summed E-state index contributed by atoms with van der Waals surface area (Å²) >= 11 is 0. The number of carbonyl (C=O) groups is 1. The van der Waals surface area contributed by atoms with E-state index in [2.05, 4.69) is 15.2 Å². The van der Waals surface area contributed by atoms with E-state index in [-0.39, 0.29) is 36.2 Å². The highest BCUT2D eigenvalue weighted by Crippen LogP contribution is 2.15. The molecule has 0 unspecified atom stereocenters. The lowest BCUT2D eigenvalue weighted by Crippen LogP contribution is -2.03. The van der Waals surface area contributed by atoms with Crippen LogP contribution in [0, 0.1) is 17.0 Å². The van der Waals surface area contributed by atoms with E-state index in [0.717, 1.165) is 0 Å². The van der Waals surface area contributed by atoms with E-state index in [1.54, 1.807) is 6.92 Å². The first-order chi connectivity index (χ1) is 9.01. The van der Waals surface area contributed by atoms with E-state index in [1.165, 1.54) is 17.8 Å². The molecular formula is C10H11N5O4. The fraction of sp³-hybridized carbons (Fsp3) is 0.400. The van der Waals surface area contributed by atoms with Crippen molar-refractivity contribution in [1.82, 2.24) is 19.9 Å². The molecule has 2 heterocycles. The Morgan fingerprint density at radius 1 is 1.58 bits per heavy atom. The fourth-order valence-electron chi connectivity index (χ4n) is 1.50. The number of nitrogens with zero attached hydrogens (tertiary/aromatic N) is 5. The van der Waals surface area contributed by atoms with Crippen LogP contribution in [0.1, 0.15) is 35.5 Å². The maximum Gasteiger partial charge on any atom is 0.309 e. The number of carbonyl (C=O) groups excluding carboxylic acids is 1. The first kappa shape index (κ1) is 12.9. The molecule has 0 spiro atoms. The van der Waals surface area contributed by atoms with Gasteiger partial charge < -0.3 is 4.52 Å². The molecule has 0 N–H and O–H groups in total. The Morgan fingerprint density at radius 3 is 2.89 bits per heavy atom. The lowest BCUT2D eigenvalue weighted by molar-refractivity contribution is -0.385. The minimum Gasteiger partial charge on any atom is -0.331 e. The summed E-state index contributed by atoms with van der Waals surface area (Å²) in [6.07, 6.45) is 1.56. The lowest BCUT2D eigenvalue weighted by atomic mass is 10.3. The first-order valence-corrected chi connectivity index (χ1v) is 5.55. The van der Waals surface area contributed by atoms with Crippen LogP contribution in [0.15, 0.2) is 10.7 Å². The zero-order valence-corrected chi connectivity index (χ0v) is 10.4. The number of rotatable bonds is 5. The molecule has 0 amide bonds. The summed E-state index contributed by atoms with van der Waals surface area (Å²) in [6.45, 7) is 3.33. The van der Waals surface area contributed by atoms with Crippen LogP contribution in [0.25, 0.3) is 0 Å². The van der Waals surface area contributed by atoms with Gasteiger partial charge >= 0.3 is 5.69 Å².